The summed E-state index contributed by atoms with van der Waals surface area (Å²) < 4.78 is 0. The van der Waals surface area contributed by atoms with Crippen molar-refractivity contribution >= 4 is 45.6 Å². The van der Waals surface area contributed by atoms with Crippen LogP contribution in [0.25, 0.3) is 6.08 Å². The van der Waals surface area contributed by atoms with Gasteiger partial charge in [-0.1, -0.05) is 17.4 Å². The van der Waals surface area contributed by atoms with E-state index in [1.807, 2.05) is 0 Å². The molecule has 118 valence electrons. The first-order valence-electron chi connectivity index (χ1n) is 6.55. The number of nitrogens with one attached hydrogen (secondary N) is 2. The Kier molecular flexibility index (Phi) is 5.21. The molecular formula is C15H13N3O4S. The summed E-state index contributed by atoms with van der Waals surface area (Å²) in [6.45, 7) is 1.40. The molecule has 0 saturated heterocycles. The molecule has 1 aromatic carbocycles. The van der Waals surface area contributed by atoms with Crippen molar-refractivity contribution in [3.63, 3.8) is 0 Å². The number of benzene rings is 1. The second-order valence-corrected chi connectivity index (χ2v) is 5.61. The molecule has 0 fully saturated rings. The Hall–Kier alpha value is -3.00. The number of nitro groups is 1. The Bertz CT molecular complexity index is 783. The lowest BCUT2D eigenvalue weighted by Crippen LogP contribution is -2.09. The molecule has 0 radical (unpaired) electrons. The van der Waals surface area contributed by atoms with Gasteiger partial charge in [-0.05, 0) is 30.3 Å². The predicted octanol–water partition coefficient (Wildman–Crippen LogP) is 3.27. The number of hydrogen-bond donors (Lipinski definition) is 2. The highest BCUT2D eigenvalue weighted by Crippen LogP contribution is 2.24. The SMILES string of the molecule is CC(=O)Nc1cccc(NC(=O)/C=C/c2ccc([N+](=O)[O-])s2)c1. The Morgan fingerprint density at radius 2 is 1.87 bits per heavy atom. The van der Waals surface area contributed by atoms with Crippen molar-refractivity contribution in [1.82, 2.24) is 0 Å². The molecule has 1 heterocycles. The lowest BCUT2D eigenvalue weighted by molar-refractivity contribution is -0.380. The second kappa shape index (κ2) is 7.32. The Labute approximate surface area is 135 Å². The van der Waals surface area contributed by atoms with E-state index in [9.17, 15) is 19.7 Å². The van der Waals surface area contributed by atoms with E-state index in [1.54, 1.807) is 30.3 Å². The zero-order valence-electron chi connectivity index (χ0n) is 12.1. The maximum Gasteiger partial charge on any atom is 0.324 e. The maximum atomic E-state index is 11.8. The largest absolute Gasteiger partial charge is 0.326 e. The Morgan fingerprint density at radius 3 is 2.48 bits per heavy atom. The molecule has 0 atom stereocenters. The molecule has 23 heavy (non-hydrogen) atoms. The number of hydrogen-bond acceptors (Lipinski definition) is 5. The van der Waals surface area contributed by atoms with Crippen LogP contribution in [0, 0.1) is 10.1 Å². The molecule has 0 bridgehead atoms. The molecule has 0 aliphatic heterocycles. The molecule has 7 nitrogen and oxygen atoms in total. The average molecular weight is 331 g/mol. The van der Waals surface area contributed by atoms with Gasteiger partial charge in [-0.2, -0.15) is 0 Å². The van der Waals surface area contributed by atoms with Crippen molar-refractivity contribution in [2.24, 2.45) is 0 Å². The molecule has 0 saturated carbocycles. The highest BCUT2D eigenvalue weighted by atomic mass is 32.1. The molecule has 0 unspecified atom stereocenters. The van der Waals surface area contributed by atoms with Crippen LogP contribution in [0.4, 0.5) is 16.4 Å². The highest BCUT2D eigenvalue weighted by Gasteiger charge is 2.08. The van der Waals surface area contributed by atoms with E-state index >= 15 is 0 Å². The maximum absolute atomic E-state index is 11.8. The van der Waals surface area contributed by atoms with E-state index in [1.165, 1.54) is 25.1 Å². The normalized spacial score (nSPS) is 10.5. The number of carbonyl (C=O) groups is 2. The van der Waals surface area contributed by atoms with Gasteiger partial charge in [-0.15, -0.1) is 0 Å². The van der Waals surface area contributed by atoms with Gasteiger partial charge < -0.3 is 10.6 Å². The molecule has 0 aliphatic carbocycles. The van der Waals surface area contributed by atoms with Crippen LogP contribution in [-0.2, 0) is 9.59 Å². The van der Waals surface area contributed by atoms with Gasteiger partial charge in [0.1, 0.15) is 0 Å². The zero-order valence-corrected chi connectivity index (χ0v) is 12.9. The first-order chi connectivity index (χ1) is 10.9. The molecule has 0 aliphatic rings. The van der Waals surface area contributed by atoms with Crippen LogP contribution in [0.2, 0.25) is 0 Å². The van der Waals surface area contributed by atoms with E-state index in [0.29, 0.717) is 16.3 Å². The van der Waals surface area contributed by atoms with Crippen molar-refractivity contribution in [3.8, 4) is 0 Å². The van der Waals surface area contributed by atoms with Gasteiger partial charge in [0.2, 0.25) is 11.8 Å². The monoisotopic (exact) mass is 331 g/mol. The summed E-state index contributed by atoms with van der Waals surface area (Å²) >= 11 is 0.985. The number of thiophene rings is 1. The smallest absolute Gasteiger partial charge is 0.324 e. The standard InChI is InChI=1S/C15H13N3O4S/c1-10(19)16-11-3-2-4-12(9-11)17-14(20)7-5-13-6-8-15(23-13)18(21)22/h2-9H,1H3,(H,16,19)(H,17,20)/b7-5+. The van der Waals surface area contributed by atoms with Gasteiger partial charge in [0.05, 0.1) is 4.92 Å². The van der Waals surface area contributed by atoms with Crippen molar-refractivity contribution in [3.05, 3.63) is 57.5 Å². The van der Waals surface area contributed by atoms with Crippen molar-refractivity contribution in [1.29, 1.82) is 0 Å². The van der Waals surface area contributed by atoms with Crippen LogP contribution in [0.1, 0.15) is 11.8 Å². The van der Waals surface area contributed by atoms with E-state index in [-0.39, 0.29) is 16.8 Å². The zero-order chi connectivity index (χ0) is 16.8. The Balaban J connectivity index is 1.99. The lowest BCUT2D eigenvalue weighted by atomic mass is 10.2. The second-order valence-electron chi connectivity index (χ2n) is 4.52. The number of anilines is 2. The molecule has 2 aromatic rings. The quantitative estimate of drug-likeness (QED) is 0.499. The van der Waals surface area contributed by atoms with Gasteiger partial charge in [0, 0.05) is 35.3 Å². The molecule has 1 aromatic heterocycles. The Morgan fingerprint density at radius 1 is 1.17 bits per heavy atom. The molecule has 0 spiro atoms. The summed E-state index contributed by atoms with van der Waals surface area (Å²) in [5.74, 6) is -0.575. The van der Waals surface area contributed by atoms with Gasteiger partial charge in [-0.25, -0.2) is 0 Å². The fourth-order valence-electron chi connectivity index (χ4n) is 1.75. The number of amides is 2. The molecular weight excluding hydrogens is 318 g/mol. The van der Waals surface area contributed by atoms with Crippen molar-refractivity contribution in [2.75, 3.05) is 10.6 Å². The lowest BCUT2D eigenvalue weighted by Gasteiger charge is -2.05. The van der Waals surface area contributed by atoms with E-state index in [2.05, 4.69) is 10.6 Å². The van der Waals surface area contributed by atoms with Crippen LogP contribution in [0.3, 0.4) is 0 Å². The third kappa shape index (κ3) is 5.04. The summed E-state index contributed by atoms with van der Waals surface area (Å²) in [4.78, 5) is 33.6. The summed E-state index contributed by atoms with van der Waals surface area (Å²) in [6.07, 6.45) is 2.80. The van der Waals surface area contributed by atoms with E-state index in [0.717, 1.165) is 11.3 Å². The number of carbonyl (C=O) groups excluding carboxylic acids is 2. The summed E-state index contributed by atoms with van der Waals surface area (Å²) in [6, 6.07) is 9.68. The minimum atomic E-state index is -0.477. The molecule has 8 heteroatoms. The van der Waals surface area contributed by atoms with Crippen LogP contribution < -0.4 is 10.6 Å². The number of nitrogens with zero attached hydrogens (tertiary/aromatic N) is 1. The third-order valence-electron chi connectivity index (χ3n) is 2.64. The molecule has 2 rings (SSSR count). The van der Waals surface area contributed by atoms with Gasteiger partial charge in [0.15, 0.2) is 0 Å². The minimum absolute atomic E-state index is 0.0214. The summed E-state index contributed by atoms with van der Waals surface area (Å²) in [5.41, 5.74) is 1.11. The van der Waals surface area contributed by atoms with Crippen LogP contribution in [-0.4, -0.2) is 16.7 Å². The van der Waals surface area contributed by atoms with Crippen LogP contribution >= 0.6 is 11.3 Å². The molecule has 2 N–H and O–H groups in total. The minimum Gasteiger partial charge on any atom is -0.326 e. The first kappa shape index (κ1) is 16.4. The third-order valence-corrected chi connectivity index (χ3v) is 3.64. The summed E-state index contributed by atoms with van der Waals surface area (Å²) in [5, 5.41) is 15.9. The summed E-state index contributed by atoms with van der Waals surface area (Å²) in [7, 11) is 0. The van der Waals surface area contributed by atoms with Crippen LogP contribution in [0.15, 0.2) is 42.5 Å². The van der Waals surface area contributed by atoms with Crippen LogP contribution in [0.5, 0.6) is 0 Å². The van der Waals surface area contributed by atoms with Gasteiger partial charge in [0.25, 0.3) is 0 Å². The highest BCUT2D eigenvalue weighted by molar-refractivity contribution is 7.16. The molecule has 2 amide bonds. The van der Waals surface area contributed by atoms with E-state index < -0.39 is 4.92 Å². The topological polar surface area (TPSA) is 101 Å². The van der Waals surface area contributed by atoms with Gasteiger partial charge >= 0.3 is 5.00 Å². The van der Waals surface area contributed by atoms with Gasteiger partial charge in [-0.3, -0.25) is 19.7 Å². The average Bonchev–Trinajstić information content (AvgIpc) is 2.94. The van der Waals surface area contributed by atoms with Crippen molar-refractivity contribution in [2.45, 2.75) is 6.92 Å². The first-order valence-corrected chi connectivity index (χ1v) is 7.36. The van der Waals surface area contributed by atoms with Crippen molar-refractivity contribution < 1.29 is 14.5 Å². The fraction of sp³-hybridized carbons (Fsp3) is 0.0667. The number of rotatable bonds is 5. The fourth-order valence-corrected chi connectivity index (χ4v) is 2.47. The predicted molar refractivity (Wildman–Crippen MR) is 89.4 cm³/mol. The van der Waals surface area contributed by atoms with E-state index in [4.69, 9.17) is 0 Å².